The van der Waals surface area contributed by atoms with E-state index in [0.717, 1.165) is 13.0 Å². The summed E-state index contributed by atoms with van der Waals surface area (Å²) in [7, 11) is 2.10. The van der Waals surface area contributed by atoms with Gasteiger partial charge in [0.15, 0.2) is 5.78 Å². The molecule has 1 rings (SSSR count). The Kier molecular flexibility index (Phi) is 2.09. The van der Waals surface area contributed by atoms with Crippen molar-refractivity contribution in [3.8, 4) is 0 Å². The first kappa shape index (κ1) is 7.73. The molecule has 0 spiro atoms. The van der Waals surface area contributed by atoms with Crippen LogP contribution in [0.2, 0.25) is 0 Å². The van der Waals surface area contributed by atoms with Crippen molar-refractivity contribution in [2.75, 3.05) is 13.6 Å². The van der Waals surface area contributed by atoms with E-state index >= 15 is 0 Å². The third-order valence-electron chi connectivity index (χ3n) is 2.66. The van der Waals surface area contributed by atoms with E-state index in [1.807, 2.05) is 0 Å². The molecule has 1 saturated heterocycles. The average molecular weight is 142 g/mol. The van der Waals surface area contributed by atoms with Gasteiger partial charge in [0, 0.05) is 12.3 Å². The number of quaternary nitrogens is 1. The van der Waals surface area contributed by atoms with Gasteiger partial charge >= 0.3 is 0 Å². The van der Waals surface area contributed by atoms with Crippen LogP contribution in [-0.4, -0.2) is 25.4 Å². The summed E-state index contributed by atoms with van der Waals surface area (Å²) in [4.78, 5) is 12.4. The third kappa shape index (κ3) is 1.37. The fourth-order valence-corrected chi connectivity index (χ4v) is 1.57. The minimum atomic E-state index is 0.420. The maximum atomic E-state index is 11.0. The van der Waals surface area contributed by atoms with Crippen LogP contribution in [0.1, 0.15) is 20.3 Å². The summed E-state index contributed by atoms with van der Waals surface area (Å²) in [5.41, 5.74) is 0. The highest BCUT2D eigenvalue weighted by Gasteiger charge is 2.29. The molecule has 1 aliphatic rings. The lowest BCUT2D eigenvalue weighted by molar-refractivity contribution is -0.903. The molecule has 3 atom stereocenters. The molecule has 1 unspecified atom stereocenters. The lowest BCUT2D eigenvalue weighted by atomic mass is 9.92. The highest BCUT2D eigenvalue weighted by molar-refractivity contribution is 5.80. The summed E-state index contributed by atoms with van der Waals surface area (Å²) < 4.78 is 0. The number of ketones is 1. The molecule has 1 heterocycles. The van der Waals surface area contributed by atoms with Gasteiger partial charge in [0.2, 0.25) is 0 Å². The number of hydrogen-bond acceptors (Lipinski definition) is 1. The van der Waals surface area contributed by atoms with Crippen LogP contribution in [0, 0.1) is 5.92 Å². The summed E-state index contributed by atoms with van der Waals surface area (Å²) in [6, 6.07) is 0.651. The molecule has 0 radical (unpaired) electrons. The Morgan fingerprint density at radius 1 is 1.50 bits per heavy atom. The second-order valence-electron chi connectivity index (χ2n) is 3.53. The maximum Gasteiger partial charge on any atom is 0.187 e. The second-order valence-corrected chi connectivity index (χ2v) is 3.53. The molecule has 2 heteroatoms. The number of carbonyl (C=O) groups excluding carboxylic acids is 1. The van der Waals surface area contributed by atoms with Crippen molar-refractivity contribution in [1.29, 1.82) is 0 Å². The standard InChI is InChI=1S/C8H15NO/c1-6-4-8(10)5-9(3)7(6)2/h6-7H,4-5H2,1-3H3/p+1/t6-,7+/m0/s1. The topological polar surface area (TPSA) is 21.5 Å². The molecule has 0 aromatic rings. The molecule has 0 amide bonds. The van der Waals surface area contributed by atoms with Crippen molar-refractivity contribution < 1.29 is 9.69 Å². The first-order valence-corrected chi connectivity index (χ1v) is 3.95. The average Bonchev–Trinajstić information content (AvgIpc) is 1.82. The first-order valence-electron chi connectivity index (χ1n) is 3.95. The van der Waals surface area contributed by atoms with Crippen LogP contribution in [0.4, 0.5) is 0 Å². The molecule has 1 aliphatic heterocycles. The predicted molar refractivity (Wildman–Crippen MR) is 40.0 cm³/mol. The van der Waals surface area contributed by atoms with Crippen LogP contribution >= 0.6 is 0 Å². The molecule has 0 aromatic heterocycles. The molecular weight excluding hydrogens is 126 g/mol. The predicted octanol–water partition coefficient (Wildman–Crippen LogP) is -0.501. The van der Waals surface area contributed by atoms with Gasteiger partial charge in [0.25, 0.3) is 0 Å². The molecule has 0 aliphatic carbocycles. The fraction of sp³-hybridized carbons (Fsp3) is 0.875. The lowest BCUT2D eigenvalue weighted by Crippen LogP contribution is -3.15. The monoisotopic (exact) mass is 142 g/mol. The SMILES string of the molecule is C[C@@H]1[C@@H](C)CC(=O)C[NH+]1C. The molecular formula is C8H16NO+. The van der Waals surface area contributed by atoms with E-state index in [1.165, 1.54) is 4.90 Å². The molecule has 0 bridgehead atoms. The van der Waals surface area contributed by atoms with Crippen LogP contribution in [0.25, 0.3) is 0 Å². The number of Topliss-reactive ketones (excluding diaryl/α,β-unsaturated/α-hetero) is 1. The van der Waals surface area contributed by atoms with Gasteiger partial charge in [0.05, 0.1) is 13.1 Å². The zero-order valence-corrected chi connectivity index (χ0v) is 6.98. The van der Waals surface area contributed by atoms with Gasteiger partial charge in [-0.1, -0.05) is 6.92 Å². The fourth-order valence-electron chi connectivity index (χ4n) is 1.57. The van der Waals surface area contributed by atoms with Crippen LogP contribution in [-0.2, 0) is 4.79 Å². The zero-order chi connectivity index (χ0) is 7.72. The van der Waals surface area contributed by atoms with Crippen molar-refractivity contribution in [2.24, 2.45) is 5.92 Å². The van der Waals surface area contributed by atoms with Crippen LogP contribution < -0.4 is 4.90 Å². The minimum absolute atomic E-state index is 0.420. The van der Waals surface area contributed by atoms with Crippen molar-refractivity contribution in [3.63, 3.8) is 0 Å². The quantitative estimate of drug-likeness (QED) is 0.484. The number of rotatable bonds is 0. The van der Waals surface area contributed by atoms with Crippen LogP contribution in [0.5, 0.6) is 0 Å². The van der Waals surface area contributed by atoms with Gasteiger partial charge < -0.3 is 4.90 Å². The van der Waals surface area contributed by atoms with Gasteiger partial charge in [-0.15, -0.1) is 0 Å². The van der Waals surface area contributed by atoms with Gasteiger partial charge in [-0.25, -0.2) is 0 Å². The Morgan fingerprint density at radius 2 is 2.10 bits per heavy atom. The van der Waals surface area contributed by atoms with E-state index in [4.69, 9.17) is 0 Å². The van der Waals surface area contributed by atoms with Crippen molar-refractivity contribution in [1.82, 2.24) is 0 Å². The minimum Gasteiger partial charge on any atom is -0.329 e. The number of hydrogen-bond donors (Lipinski definition) is 1. The number of nitrogens with one attached hydrogen (secondary N) is 1. The highest BCUT2D eigenvalue weighted by Crippen LogP contribution is 2.08. The molecule has 2 nitrogen and oxygen atoms in total. The summed E-state index contributed by atoms with van der Waals surface area (Å²) in [5, 5.41) is 0. The summed E-state index contributed by atoms with van der Waals surface area (Å²) in [6.45, 7) is 5.10. The van der Waals surface area contributed by atoms with Gasteiger partial charge in [-0.3, -0.25) is 4.79 Å². The van der Waals surface area contributed by atoms with Gasteiger partial charge in [0.1, 0.15) is 6.54 Å². The normalized spacial score (nSPS) is 41.9. The van der Waals surface area contributed by atoms with E-state index in [1.54, 1.807) is 0 Å². The van der Waals surface area contributed by atoms with Crippen LogP contribution in [0.15, 0.2) is 0 Å². The maximum absolute atomic E-state index is 11.0. The summed E-state index contributed by atoms with van der Waals surface area (Å²) >= 11 is 0. The molecule has 0 saturated carbocycles. The number of piperidine rings is 1. The largest absolute Gasteiger partial charge is 0.329 e. The Hall–Kier alpha value is -0.370. The van der Waals surface area contributed by atoms with Gasteiger partial charge in [-0.2, -0.15) is 0 Å². The van der Waals surface area contributed by atoms with Crippen molar-refractivity contribution in [3.05, 3.63) is 0 Å². The molecule has 58 valence electrons. The Bertz CT molecular complexity index is 130. The summed E-state index contributed by atoms with van der Waals surface area (Å²) in [6.07, 6.45) is 0.790. The van der Waals surface area contributed by atoms with Crippen LogP contribution in [0.3, 0.4) is 0 Å². The first-order chi connectivity index (χ1) is 4.61. The van der Waals surface area contributed by atoms with Gasteiger partial charge in [-0.05, 0) is 6.92 Å². The summed E-state index contributed by atoms with van der Waals surface area (Å²) in [5.74, 6) is 0.990. The molecule has 0 aromatic carbocycles. The molecule has 10 heavy (non-hydrogen) atoms. The highest BCUT2D eigenvalue weighted by atomic mass is 16.1. The third-order valence-corrected chi connectivity index (χ3v) is 2.66. The zero-order valence-electron chi connectivity index (χ0n) is 6.98. The Balaban J connectivity index is 2.57. The number of likely N-dealkylation sites (N-methyl/N-ethyl adjacent to an activating group) is 1. The van der Waals surface area contributed by atoms with Crippen molar-refractivity contribution in [2.45, 2.75) is 26.3 Å². The van der Waals surface area contributed by atoms with E-state index in [2.05, 4.69) is 20.9 Å². The van der Waals surface area contributed by atoms with E-state index in [0.29, 0.717) is 17.7 Å². The van der Waals surface area contributed by atoms with E-state index in [9.17, 15) is 4.79 Å². The number of carbonyl (C=O) groups is 1. The van der Waals surface area contributed by atoms with E-state index < -0.39 is 0 Å². The smallest absolute Gasteiger partial charge is 0.187 e. The van der Waals surface area contributed by atoms with E-state index in [-0.39, 0.29) is 0 Å². The van der Waals surface area contributed by atoms with Crippen molar-refractivity contribution >= 4 is 5.78 Å². The lowest BCUT2D eigenvalue weighted by Gasteiger charge is -2.30. The number of likely N-dealkylation sites (tertiary alicyclic amines) is 1. The molecule has 1 fully saturated rings. The molecule has 1 N–H and O–H groups in total. The Morgan fingerprint density at radius 3 is 2.60 bits per heavy atom. The second kappa shape index (κ2) is 2.70. The Labute approximate surface area is 62.2 Å².